The van der Waals surface area contributed by atoms with Crippen LogP contribution in [-0.4, -0.2) is 42.2 Å². The van der Waals surface area contributed by atoms with Gasteiger partial charge in [0.25, 0.3) is 0 Å². The van der Waals surface area contributed by atoms with Gasteiger partial charge < -0.3 is 14.7 Å². The highest BCUT2D eigenvalue weighted by molar-refractivity contribution is 5.72. The second-order valence-corrected chi connectivity index (χ2v) is 9.80. The second-order valence-electron chi connectivity index (χ2n) is 9.80. The summed E-state index contributed by atoms with van der Waals surface area (Å²) in [5.74, 6) is 4.81. The Bertz CT molecular complexity index is 841. The van der Waals surface area contributed by atoms with Crippen LogP contribution in [0.15, 0.2) is 18.2 Å². The fourth-order valence-electron chi connectivity index (χ4n) is 6.37. The SMILES string of the molecule is C#C[C@]1(O)CC[C@H]2[C@@H]3CCc4cc(OC(=O)CCN(C)C)ccc4[C@H]3CCC21C. The van der Waals surface area contributed by atoms with Gasteiger partial charge in [0.1, 0.15) is 11.4 Å². The van der Waals surface area contributed by atoms with Gasteiger partial charge in [0.2, 0.25) is 0 Å². The Balaban J connectivity index is 1.51. The zero-order valence-corrected chi connectivity index (χ0v) is 17.9. The maximum atomic E-state index is 12.1. The number of esters is 1. The molecule has 0 radical (unpaired) electrons. The van der Waals surface area contributed by atoms with E-state index in [1.807, 2.05) is 25.1 Å². The van der Waals surface area contributed by atoms with Crippen LogP contribution in [0.5, 0.6) is 5.75 Å². The normalized spacial score (nSPS) is 35.4. The molecule has 1 aromatic rings. The molecule has 4 heteroatoms. The van der Waals surface area contributed by atoms with Crippen molar-refractivity contribution in [2.75, 3.05) is 20.6 Å². The fraction of sp³-hybridized carbons (Fsp3) is 0.640. The molecule has 0 amide bonds. The lowest BCUT2D eigenvalue weighted by Gasteiger charge is -2.52. The van der Waals surface area contributed by atoms with E-state index < -0.39 is 5.60 Å². The average molecular weight is 396 g/mol. The van der Waals surface area contributed by atoms with E-state index in [0.717, 1.165) is 38.5 Å². The van der Waals surface area contributed by atoms with Crippen LogP contribution < -0.4 is 4.74 Å². The first-order valence-electron chi connectivity index (χ1n) is 11.0. The number of rotatable bonds is 4. The van der Waals surface area contributed by atoms with Gasteiger partial charge in [0.15, 0.2) is 0 Å². The summed E-state index contributed by atoms with van der Waals surface area (Å²) in [7, 11) is 3.90. The van der Waals surface area contributed by atoms with Crippen molar-refractivity contribution in [1.29, 1.82) is 0 Å². The molecule has 1 unspecified atom stereocenters. The fourth-order valence-corrected chi connectivity index (χ4v) is 6.37. The molecule has 1 aromatic carbocycles. The van der Waals surface area contributed by atoms with E-state index in [9.17, 15) is 9.90 Å². The first-order chi connectivity index (χ1) is 13.8. The van der Waals surface area contributed by atoms with Crippen molar-refractivity contribution in [2.45, 2.75) is 63.4 Å². The number of ether oxygens (including phenoxy) is 1. The molecule has 4 nitrogen and oxygen atoms in total. The van der Waals surface area contributed by atoms with Crippen LogP contribution in [0.1, 0.15) is 62.5 Å². The molecule has 0 aromatic heterocycles. The number of aliphatic hydroxyl groups is 1. The Morgan fingerprint density at radius 1 is 1.31 bits per heavy atom. The molecule has 0 saturated heterocycles. The van der Waals surface area contributed by atoms with Crippen LogP contribution in [-0.2, 0) is 11.2 Å². The van der Waals surface area contributed by atoms with E-state index in [1.54, 1.807) is 0 Å². The van der Waals surface area contributed by atoms with Gasteiger partial charge >= 0.3 is 5.97 Å². The van der Waals surface area contributed by atoms with Crippen LogP contribution in [0, 0.1) is 29.6 Å². The standard InChI is InChI=1S/C25H33NO3/c1-5-25(28)14-11-22-21-8-6-17-16-18(29-23(27)12-15-26(3)4)7-9-19(17)20(21)10-13-24(22,25)2/h1,7,9,16,20-22,28H,6,8,10-15H2,2-4H3/t20-,21-,22+,24?,25+/m1/s1. The first kappa shape index (κ1) is 20.4. The lowest BCUT2D eigenvalue weighted by atomic mass is 9.53. The maximum absolute atomic E-state index is 12.1. The molecule has 156 valence electrons. The molecular formula is C25H33NO3. The van der Waals surface area contributed by atoms with Gasteiger partial charge in [-0.25, -0.2) is 0 Å². The van der Waals surface area contributed by atoms with Crippen LogP contribution in [0.3, 0.4) is 0 Å². The third kappa shape index (κ3) is 3.39. The van der Waals surface area contributed by atoms with E-state index in [0.29, 0.717) is 36.5 Å². The monoisotopic (exact) mass is 395 g/mol. The summed E-state index contributed by atoms with van der Waals surface area (Å²) >= 11 is 0. The molecule has 5 atom stereocenters. The Kier molecular flexibility index (Phi) is 5.25. The van der Waals surface area contributed by atoms with E-state index in [-0.39, 0.29) is 11.4 Å². The number of carbonyl (C=O) groups is 1. The van der Waals surface area contributed by atoms with Crippen molar-refractivity contribution in [3.05, 3.63) is 29.3 Å². The molecule has 29 heavy (non-hydrogen) atoms. The number of fused-ring (bicyclic) bond motifs is 5. The van der Waals surface area contributed by atoms with E-state index in [1.165, 1.54) is 11.1 Å². The van der Waals surface area contributed by atoms with Gasteiger partial charge in [-0.05, 0) is 93.6 Å². The Morgan fingerprint density at radius 3 is 2.83 bits per heavy atom. The van der Waals surface area contributed by atoms with Crippen LogP contribution in [0.4, 0.5) is 0 Å². The zero-order chi connectivity index (χ0) is 20.8. The number of terminal acetylenes is 1. The van der Waals surface area contributed by atoms with Gasteiger partial charge in [-0.15, -0.1) is 6.42 Å². The first-order valence-corrected chi connectivity index (χ1v) is 11.0. The second kappa shape index (κ2) is 7.45. The Hall–Kier alpha value is -1.83. The number of hydrogen-bond acceptors (Lipinski definition) is 4. The number of aryl methyl sites for hydroxylation is 1. The molecule has 2 saturated carbocycles. The lowest BCUT2D eigenvalue weighted by molar-refractivity contribution is -0.134. The van der Waals surface area contributed by atoms with Crippen molar-refractivity contribution in [1.82, 2.24) is 4.90 Å². The van der Waals surface area contributed by atoms with Crippen molar-refractivity contribution < 1.29 is 14.6 Å². The number of hydrogen-bond donors (Lipinski definition) is 1. The molecular weight excluding hydrogens is 362 g/mol. The highest BCUT2D eigenvalue weighted by Crippen LogP contribution is 2.64. The number of benzene rings is 1. The summed E-state index contributed by atoms with van der Waals surface area (Å²) in [6, 6.07) is 6.19. The summed E-state index contributed by atoms with van der Waals surface area (Å²) in [5.41, 5.74) is 1.61. The third-order valence-electron chi connectivity index (χ3n) is 8.08. The van der Waals surface area contributed by atoms with E-state index in [4.69, 9.17) is 11.2 Å². The van der Waals surface area contributed by atoms with E-state index >= 15 is 0 Å². The van der Waals surface area contributed by atoms with Gasteiger partial charge in [-0.2, -0.15) is 0 Å². The van der Waals surface area contributed by atoms with E-state index in [2.05, 4.69) is 25.0 Å². The summed E-state index contributed by atoms with van der Waals surface area (Å²) in [4.78, 5) is 14.1. The summed E-state index contributed by atoms with van der Waals surface area (Å²) < 4.78 is 5.57. The van der Waals surface area contributed by atoms with Crippen LogP contribution in [0.2, 0.25) is 0 Å². The molecule has 0 bridgehead atoms. The molecule has 0 heterocycles. The van der Waals surface area contributed by atoms with Crippen molar-refractivity contribution in [3.8, 4) is 18.1 Å². The third-order valence-corrected chi connectivity index (χ3v) is 8.08. The summed E-state index contributed by atoms with van der Waals surface area (Å²) in [6.45, 7) is 2.91. The van der Waals surface area contributed by atoms with Crippen molar-refractivity contribution in [2.24, 2.45) is 17.3 Å². The minimum absolute atomic E-state index is 0.164. The molecule has 0 spiro atoms. The Labute approximate surface area is 174 Å². The highest BCUT2D eigenvalue weighted by atomic mass is 16.5. The van der Waals surface area contributed by atoms with Gasteiger partial charge in [-0.3, -0.25) is 4.79 Å². The maximum Gasteiger partial charge on any atom is 0.312 e. The molecule has 2 fully saturated rings. The molecule has 3 aliphatic rings. The number of carbonyl (C=O) groups excluding carboxylic acids is 1. The topological polar surface area (TPSA) is 49.8 Å². The van der Waals surface area contributed by atoms with Gasteiger partial charge in [0.05, 0.1) is 6.42 Å². The quantitative estimate of drug-likeness (QED) is 0.479. The average Bonchev–Trinajstić information content (AvgIpc) is 2.97. The smallest absolute Gasteiger partial charge is 0.312 e. The molecule has 3 aliphatic carbocycles. The van der Waals surface area contributed by atoms with Crippen LogP contribution >= 0.6 is 0 Å². The van der Waals surface area contributed by atoms with Gasteiger partial charge in [0, 0.05) is 12.0 Å². The van der Waals surface area contributed by atoms with Crippen molar-refractivity contribution >= 4 is 5.97 Å². The van der Waals surface area contributed by atoms with Gasteiger partial charge in [-0.1, -0.05) is 18.9 Å². The minimum atomic E-state index is -0.951. The summed E-state index contributed by atoms with van der Waals surface area (Å²) in [6.07, 6.45) is 12.1. The summed E-state index contributed by atoms with van der Waals surface area (Å²) in [5, 5.41) is 11.1. The lowest BCUT2D eigenvalue weighted by Crippen LogP contribution is -2.50. The highest BCUT2D eigenvalue weighted by Gasteiger charge is 2.61. The predicted molar refractivity (Wildman–Crippen MR) is 114 cm³/mol. The molecule has 0 aliphatic heterocycles. The molecule has 1 N–H and O–H groups in total. The van der Waals surface area contributed by atoms with Crippen LogP contribution in [0.25, 0.3) is 0 Å². The number of nitrogens with zero attached hydrogens (tertiary/aromatic N) is 1. The largest absolute Gasteiger partial charge is 0.426 e. The molecule has 4 rings (SSSR count). The zero-order valence-electron chi connectivity index (χ0n) is 17.9. The minimum Gasteiger partial charge on any atom is -0.426 e. The Morgan fingerprint density at radius 2 is 2.10 bits per heavy atom. The predicted octanol–water partition coefficient (Wildman–Crippen LogP) is 3.76. The van der Waals surface area contributed by atoms with Crippen molar-refractivity contribution in [3.63, 3.8) is 0 Å².